The summed E-state index contributed by atoms with van der Waals surface area (Å²) >= 11 is 5.77. The highest BCUT2D eigenvalue weighted by Gasteiger charge is 2.13. The molecular weight excluding hydrogens is 279 g/mol. The molecule has 0 atom stereocenters. The van der Waals surface area contributed by atoms with Crippen LogP contribution in [0.1, 0.15) is 0 Å². The first-order chi connectivity index (χ1) is 9.66. The molecule has 2 aromatic heterocycles. The molecule has 0 amide bonds. The number of hydrogen-bond donors (Lipinski definition) is 1. The van der Waals surface area contributed by atoms with E-state index >= 15 is 0 Å². The Labute approximate surface area is 119 Å². The van der Waals surface area contributed by atoms with E-state index in [1.54, 1.807) is 41.4 Å². The third-order valence-electron chi connectivity index (χ3n) is 2.94. The molecule has 0 aliphatic carbocycles. The molecule has 0 aliphatic rings. The minimum absolute atomic E-state index is 0.341. The highest BCUT2D eigenvalue weighted by Crippen LogP contribution is 2.28. The van der Waals surface area contributed by atoms with Crippen LogP contribution < -0.4 is 5.73 Å². The van der Waals surface area contributed by atoms with E-state index in [0.29, 0.717) is 27.7 Å². The molecule has 2 N–H and O–H groups in total. The van der Waals surface area contributed by atoms with Crippen molar-refractivity contribution < 1.29 is 4.39 Å². The molecule has 2 heterocycles. The number of benzene rings is 1. The molecule has 6 heteroatoms. The monoisotopic (exact) mass is 288 g/mol. The van der Waals surface area contributed by atoms with Gasteiger partial charge in [0.25, 0.3) is 0 Å². The molecule has 0 spiro atoms. The van der Waals surface area contributed by atoms with Crippen molar-refractivity contribution in [2.45, 2.75) is 0 Å². The first kappa shape index (κ1) is 12.6. The van der Waals surface area contributed by atoms with Crippen molar-refractivity contribution >= 4 is 17.3 Å². The zero-order valence-corrected chi connectivity index (χ0v) is 11.0. The normalized spacial score (nSPS) is 10.7. The first-order valence-electron chi connectivity index (χ1n) is 5.84. The Bertz CT molecular complexity index is 769. The fourth-order valence-electron chi connectivity index (χ4n) is 1.98. The summed E-state index contributed by atoms with van der Waals surface area (Å²) < 4.78 is 15.6. The van der Waals surface area contributed by atoms with Crippen LogP contribution in [0, 0.1) is 5.82 Å². The lowest BCUT2D eigenvalue weighted by Crippen LogP contribution is -2.00. The van der Waals surface area contributed by atoms with Gasteiger partial charge < -0.3 is 5.73 Å². The van der Waals surface area contributed by atoms with E-state index in [4.69, 9.17) is 17.3 Å². The molecule has 20 heavy (non-hydrogen) atoms. The van der Waals surface area contributed by atoms with Gasteiger partial charge in [-0.15, -0.1) is 0 Å². The number of hydrogen-bond acceptors (Lipinski definition) is 3. The van der Waals surface area contributed by atoms with Gasteiger partial charge in [0.05, 0.1) is 23.9 Å². The topological polar surface area (TPSA) is 56.7 Å². The van der Waals surface area contributed by atoms with Crippen molar-refractivity contribution in [1.82, 2.24) is 14.5 Å². The van der Waals surface area contributed by atoms with Crippen LogP contribution in [0.15, 0.2) is 49.2 Å². The third-order valence-corrected chi connectivity index (χ3v) is 3.17. The Balaban J connectivity index is 2.18. The molecule has 3 rings (SSSR count). The number of nitrogens with two attached hydrogens (primary N) is 1. The van der Waals surface area contributed by atoms with Gasteiger partial charge in [-0.25, -0.2) is 9.37 Å². The molecule has 0 saturated carbocycles. The molecule has 0 aliphatic heterocycles. The van der Waals surface area contributed by atoms with Gasteiger partial charge in [0.1, 0.15) is 5.82 Å². The van der Waals surface area contributed by atoms with Crippen molar-refractivity contribution in [2.75, 3.05) is 5.73 Å². The van der Waals surface area contributed by atoms with Crippen molar-refractivity contribution in [3.05, 3.63) is 60.0 Å². The lowest BCUT2D eigenvalue weighted by molar-refractivity contribution is 0.618. The second kappa shape index (κ2) is 4.94. The predicted molar refractivity (Wildman–Crippen MR) is 76.2 cm³/mol. The summed E-state index contributed by atoms with van der Waals surface area (Å²) in [5.41, 5.74) is 8.19. The van der Waals surface area contributed by atoms with Gasteiger partial charge in [-0.2, -0.15) is 0 Å². The summed E-state index contributed by atoms with van der Waals surface area (Å²) in [6.07, 6.45) is 6.36. The summed E-state index contributed by atoms with van der Waals surface area (Å²) in [7, 11) is 0. The van der Waals surface area contributed by atoms with Gasteiger partial charge in [0.15, 0.2) is 0 Å². The summed E-state index contributed by atoms with van der Waals surface area (Å²) in [5, 5.41) is 0.341. The minimum Gasteiger partial charge on any atom is -0.398 e. The van der Waals surface area contributed by atoms with Crippen LogP contribution in [0.3, 0.4) is 0 Å². The van der Waals surface area contributed by atoms with E-state index in [1.807, 2.05) is 0 Å². The summed E-state index contributed by atoms with van der Waals surface area (Å²) in [4.78, 5) is 8.10. The number of pyridine rings is 1. The Kier molecular flexibility index (Phi) is 3.12. The molecular formula is C14H10ClFN4. The fraction of sp³-hybridized carbons (Fsp3) is 0. The van der Waals surface area contributed by atoms with Crippen LogP contribution in [0.25, 0.3) is 16.9 Å². The van der Waals surface area contributed by atoms with Crippen LogP contribution in [0.5, 0.6) is 0 Å². The van der Waals surface area contributed by atoms with E-state index < -0.39 is 5.82 Å². The number of halogens is 2. The molecule has 0 unspecified atom stereocenters. The second-order valence-electron chi connectivity index (χ2n) is 4.21. The Morgan fingerprint density at radius 1 is 1.15 bits per heavy atom. The maximum atomic E-state index is 14.0. The number of imidazole rings is 1. The van der Waals surface area contributed by atoms with Gasteiger partial charge in [0, 0.05) is 28.7 Å². The number of rotatable bonds is 2. The number of anilines is 1. The van der Waals surface area contributed by atoms with Crippen molar-refractivity contribution in [2.24, 2.45) is 0 Å². The summed E-state index contributed by atoms with van der Waals surface area (Å²) in [5.74, 6) is -0.431. The summed E-state index contributed by atoms with van der Waals surface area (Å²) in [6.45, 7) is 0. The van der Waals surface area contributed by atoms with Crippen LogP contribution in [-0.2, 0) is 0 Å². The lowest BCUT2D eigenvalue weighted by atomic mass is 10.2. The largest absolute Gasteiger partial charge is 0.398 e. The van der Waals surface area contributed by atoms with Crippen LogP contribution in [0.2, 0.25) is 5.02 Å². The Morgan fingerprint density at radius 2 is 2.00 bits per heavy atom. The van der Waals surface area contributed by atoms with Gasteiger partial charge in [-0.05, 0) is 24.3 Å². The van der Waals surface area contributed by atoms with E-state index in [0.717, 1.165) is 0 Å². The van der Waals surface area contributed by atoms with Crippen LogP contribution in [-0.4, -0.2) is 14.5 Å². The number of aromatic nitrogens is 3. The van der Waals surface area contributed by atoms with Crippen molar-refractivity contribution in [3.8, 4) is 16.9 Å². The van der Waals surface area contributed by atoms with Gasteiger partial charge in [0.2, 0.25) is 0 Å². The molecule has 0 radical (unpaired) electrons. The SMILES string of the molecule is Nc1ccncc1-c1cncn1-c1ccc(Cl)cc1F. The Hall–Kier alpha value is -2.40. The zero-order valence-electron chi connectivity index (χ0n) is 10.3. The number of nitrogen functional groups attached to an aromatic ring is 1. The molecule has 0 bridgehead atoms. The highest BCUT2D eigenvalue weighted by molar-refractivity contribution is 6.30. The van der Waals surface area contributed by atoms with Crippen LogP contribution in [0.4, 0.5) is 10.1 Å². The lowest BCUT2D eigenvalue weighted by Gasteiger charge is -2.10. The quantitative estimate of drug-likeness (QED) is 0.787. The third kappa shape index (κ3) is 2.12. The van der Waals surface area contributed by atoms with Gasteiger partial charge in [-0.3, -0.25) is 9.55 Å². The zero-order chi connectivity index (χ0) is 14.1. The predicted octanol–water partition coefficient (Wildman–Crippen LogP) is 3.31. The van der Waals surface area contributed by atoms with E-state index in [1.165, 1.54) is 12.4 Å². The summed E-state index contributed by atoms with van der Waals surface area (Å²) in [6, 6.07) is 6.16. The highest BCUT2D eigenvalue weighted by atomic mass is 35.5. The molecule has 0 fully saturated rings. The molecule has 1 aromatic carbocycles. The number of nitrogens with zero attached hydrogens (tertiary/aromatic N) is 3. The van der Waals surface area contributed by atoms with E-state index in [9.17, 15) is 4.39 Å². The van der Waals surface area contributed by atoms with Crippen molar-refractivity contribution in [3.63, 3.8) is 0 Å². The van der Waals surface area contributed by atoms with Gasteiger partial charge >= 0.3 is 0 Å². The first-order valence-corrected chi connectivity index (χ1v) is 6.22. The fourth-order valence-corrected chi connectivity index (χ4v) is 2.14. The maximum absolute atomic E-state index is 14.0. The average molecular weight is 289 g/mol. The molecule has 4 nitrogen and oxygen atoms in total. The minimum atomic E-state index is -0.431. The molecule has 3 aromatic rings. The second-order valence-corrected chi connectivity index (χ2v) is 4.64. The van der Waals surface area contributed by atoms with E-state index in [-0.39, 0.29) is 0 Å². The smallest absolute Gasteiger partial charge is 0.148 e. The van der Waals surface area contributed by atoms with Crippen LogP contribution >= 0.6 is 11.6 Å². The van der Waals surface area contributed by atoms with Gasteiger partial charge in [-0.1, -0.05) is 11.6 Å². The molecule has 0 saturated heterocycles. The molecule has 100 valence electrons. The maximum Gasteiger partial charge on any atom is 0.148 e. The Morgan fingerprint density at radius 3 is 2.75 bits per heavy atom. The standard InChI is InChI=1S/C14H10ClFN4/c15-9-1-2-13(11(16)5-9)20-8-19-7-14(20)10-6-18-4-3-12(10)17/h1-8H,(H2,17,18). The average Bonchev–Trinajstić information content (AvgIpc) is 2.88. The van der Waals surface area contributed by atoms with Crippen molar-refractivity contribution in [1.29, 1.82) is 0 Å². The van der Waals surface area contributed by atoms with E-state index in [2.05, 4.69) is 9.97 Å².